The van der Waals surface area contributed by atoms with Crippen molar-refractivity contribution in [1.82, 2.24) is 5.32 Å². The van der Waals surface area contributed by atoms with E-state index in [-0.39, 0.29) is 11.3 Å². The number of rotatable bonds is 6. The molecule has 0 heterocycles. The highest BCUT2D eigenvalue weighted by Crippen LogP contribution is 2.26. The zero-order valence-electron chi connectivity index (χ0n) is 11.1. The minimum atomic E-state index is 0.107. The largest absolute Gasteiger partial charge is 0.352 e. The van der Waals surface area contributed by atoms with Crippen LogP contribution in [-0.4, -0.2) is 5.91 Å². The molecule has 2 nitrogen and oxygen atoms in total. The molecule has 0 spiro atoms. The lowest BCUT2D eigenvalue weighted by atomic mass is 9.84. The van der Waals surface area contributed by atoms with Gasteiger partial charge in [0, 0.05) is 13.0 Å². The Morgan fingerprint density at radius 2 is 1.88 bits per heavy atom. The van der Waals surface area contributed by atoms with Crippen molar-refractivity contribution < 1.29 is 4.79 Å². The molecule has 0 saturated heterocycles. The fraction of sp³-hybridized carbons (Fsp3) is 0.533. The van der Waals surface area contributed by atoms with Crippen LogP contribution in [0.2, 0.25) is 0 Å². The van der Waals surface area contributed by atoms with Crippen LogP contribution >= 0.6 is 0 Å². The van der Waals surface area contributed by atoms with E-state index in [1.165, 1.54) is 0 Å². The molecule has 1 rings (SSSR count). The maximum absolute atomic E-state index is 11.8. The maximum atomic E-state index is 11.8. The number of nitrogens with one attached hydrogen (secondary N) is 1. The number of hydrogen-bond donors (Lipinski definition) is 1. The van der Waals surface area contributed by atoms with E-state index < -0.39 is 0 Å². The van der Waals surface area contributed by atoms with Crippen LogP contribution in [0.1, 0.15) is 45.6 Å². The smallest absolute Gasteiger partial charge is 0.220 e. The minimum Gasteiger partial charge on any atom is -0.352 e. The highest BCUT2D eigenvalue weighted by Gasteiger charge is 2.20. The first-order valence-corrected chi connectivity index (χ1v) is 6.34. The summed E-state index contributed by atoms with van der Waals surface area (Å²) in [4.78, 5) is 11.8. The van der Waals surface area contributed by atoms with Crippen molar-refractivity contribution in [3.05, 3.63) is 35.9 Å². The highest BCUT2D eigenvalue weighted by molar-refractivity contribution is 5.76. The first-order valence-electron chi connectivity index (χ1n) is 6.34. The average Bonchev–Trinajstić information content (AvgIpc) is 2.27. The summed E-state index contributed by atoms with van der Waals surface area (Å²) in [5, 5.41) is 2.97. The Bertz CT molecular complexity index is 343. The molecule has 0 unspecified atom stereocenters. The minimum absolute atomic E-state index is 0.107. The van der Waals surface area contributed by atoms with Crippen molar-refractivity contribution in [2.75, 3.05) is 0 Å². The van der Waals surface area contributed by atoms with Gasteiger partial charge in [0.05, 0.1) is 0 Å². The summed E-state index contributed by atoms with van der Waals surface area (Å²) in [5.41, 5.74) is 1.25. The molecule has 94 valence electrons. The lowest BCUT2D eigenvalue weighted by Crippen LogP contribution is -2.28. The molecule has 0 bridgehead atoms. The van der Waals surface area contributed by atoms with Gasteiger partial charge in [0.1, 0.15) is 0 Å². The van der Waals surface area contributed by atoms with Gasteiger partial charge in [-0.05, 0) is 17.4 Å². The van der Waals surface area contributed by atoms with E-state index in [4.69, 9.17) is 0 Å². The molecule has 0 aliphatic rings. The summed E-state index contributed by atoms with van der Waals surface area (Å²) < 4.78 is 0. The van der Waals surface area contributed by atoms with Crippen LogP contribution in [0.3, 0.4) is 0 Å². The van der Waals surface area contributed by atoms with Gasteiger partial charge in [-0.3, -0.25) is 4.79 Å². The lowest BCUT2D eigenvalue weighted by molar-refractivity contribution is -0.123. The first-order chi connectivity index (χ1) is 8.03. The van der Waals surface area contributed by atoms with Crippen LogP contribution in [0.5, 0.6) is 0 Å². The molecule has 0 radical (unpaired) electrons. The van der Waals surface area contributed by atoms with Gasteiger partial charge in [0.15, 0.2) is 0 Å². The summed E-state index contributed by atoms with van der Waals surface area (Å²) in [6.45, 7) is 7.09. The Hall–Kier alpha value is -1.31. The number of carbonyl (C=O) groups is 1. The molecule has 0 atom stereocenters. The van der Waals surface area contributed by atoms with Crippen LogP contribution in [0, 0.1) is 5.41 Å². The van der Waals surface area contributed by atoms with E-state index in [1.54, 1.807) is 0 Å². The second kappa shape index (κ2) is 6.43. The normalized spacial score (nSPS) is 11.2. The Labute approximate surface area is 104 Å². The van der Waals surface area contributed by atoms with Crippen LogP contribution in [-0.2, 0) is 11.3 Å². The molecule has 2 heteroatoms. The van der Waals surface area contributed by atoms with Crippen LogP contribution < -0.4 is 5.32 Å². The molecular weight excluding hydrogens is 210 g/mol. The van der Waals surface area contributed by atoms with Gasteiger partial charge < -0.3 is 5.32 Å². The molecule has 0 fully saturated rings. The summed E-state index contributed by atoms with van der Waals surface area (Å²) in [7, 11) is 0. The highest BCUT2D eigenvalue weighted by atomic mass is 16.1. The first kappa shape index (κ1) is 13.8. The zero-order valence-corrected chi connectivity index (χ0v) is 11.1. The topological polar surface area (TPSA) is 29.1 Å². The summed E-state index contributed by atoms with van der Waals surface area (Å²) in [6, 6.07) is 10.0. The average molecular weight is 233 g/mol. The third-order valence-corrected chi connectivity index (χ3v) is 2.90. The SMILES string of the molecule is CCCC(C)(C)CC(=O)NCc1ccccc1. The molecule has 1 amide bonds. The molecule has 17 heavy (non-hydrogen) atoms. The van der Waals surface area contributed by atoms with Crippen molar-refractivity contribution in [2.24, 2.45) is 5.41 Å². The Morgan fingerprint density at radius 1 is 1.24 bits per heavy atom. The molecule has 1 aromatic rings. The van der Waals surface area contributed by atoms with Gasteiger partial charge in [-0.25, -0.2) is 0 Å². The van der Waals surface area contributed by atoms with Crippen molar-refractivity contribution in [3.8, 4) is 0 Å². The molecule has 0 aromatic heterocycles. The van der Waals surface area contributed by atoms with Gasteiger partial charge in [-0.1, -0.05) is 57.5 Å². The molecule has 1 aromatic carbocycles. The van der Waals surface area contributed by atoms with Crippen molar-refractivity contribution in [1.29, 1.82) is 0 Å². The summed E-state index contributed by atoms with van der Waals surface area (Å²) >= 11 is 0. The second-order valence-corrected chi connectivity index (χ2v) is 5.35. The molecule has 0 aliphatic heterocycles. The van der Waals surface area contributed by atoms with E-state index in [0.29, 0.717) is 13.0 Å². The van der Waals surface area contributed by atoms with Gasteiger partial charge in [-0.2, -0.15) is 0 Å². The molecular formula is C15H23NO. The van der Waals surface area contributed by atoms with E-state index in [0.717, 1.165) is 18.4 Å². The van der Waals surface area contributed by atoms with E-state index in [9.17, 15) is 4.79 Å². The maximum Gasteiger partial charge on any atom is 0.220 e. The monoisotopic (exact) mass is 233 g/mol. The third-order valence-electron chi connectivity index (χ3n) is 2.90. The Morgan fingerprint density at radius 3 is 2.47 bits per heavy atom. The van der Waals surface area contributed by atoms with E-state index in [1.807, 2.05) is 30.3 Å². The van der Waals surface area contributed by atoms with E-state index >= 15 is 0 Å². The third kappa shape index (κ3) is 5.53. The standard InChI is InChI=1S/C15H23NO/c1-4-10-15(2,3)11-14(17)16-12-13-8-6-5-7-9-13/h5-9H,4,10-12H2,1-3H3,(H,16,17). The van der Waals surface area contributed by atoms with Gasteiger partial charge in [-0.15, -0.1) is 0 Å². The molecule has 0 saturated carbocycles. The predicted octanol–water partition coefficient (Wildman–Crippen LogP) is 3.52. The summed E-state index contributed by atoms with van der Waals surface area (Å²) in [6.07, 6.45) is 2.82. The van der Waals surface area contributed by atoms with Gasteiger partial charge in [0.2, 0.25) is 5.91 Å². The zero-order chi connectivity index (χ0) is 12.7. The number of carbonyl (C=O) groups excluding carboxylic acids is 1. The quantitative estimate of drug-likeness (QED) is 0.800. The van der Waals surface area contributed by atoms with Crippen LogP contribution in [0.25, 0.3) is 0 Å². The number of amides is 1. The van der Waals surface area contributed by atoms with Crippen LogP contribution in [0.15, 0.2) is 30.3 Å². The van der Waals surface area contributed by atoms with E-state index in [2.05, 4.69) is 26.1 Å². The number of benzene rings is 1. The Kier molecular flexibility index (Phi) is 5.20. The van der Waals surface area contributed by atoms with Crippen molar-refractivity contribution >= 4 is 5.91 Å². The number of hydrogen-bond acceptors (Lipinski definition) is 1. The van der Waals surface area contributed by atoms with Gasteiger partial charge >= 0.3 is 0 Å². The van der Waals surface area contributed by atoms with Crippen molar-refractivity contribution in [2.45, 2.75) is 46.6 Å². The van der Waals surface area contributed by atoms with Crippen LogP contribution in [0.4, 0.5) is 0 Å². The van der Waals surface area contributed by atoms with Gasteiger partial charge in [0.25, 0.3) is 0 Å². The second-order valence-electron chi connectivity index (χ2n) is 5.35. The predicted molar refractivity (Wildman–Crippen MR) is 71.6 cm³/mol. The fourth-order valence-corrected chi connectivity index (χ4v) is 2.06. The summed E-state index contributed by atoms with van der Waals surface area (Å²) in [5.74, 6) is 0.146. The lowest BCUT2D eigenvalue weighted by Gasteiger charge is -2.23. The Balaban J connectivity index is 2.35. The fourth-order valence-electron chi connectivity index (χ4n) is 2.06. The van der Waals surface area contributed by atoms with Crippen molar-refractivity contribution in [3.63, 3.8) is 0 Å². The molecule has 1 N–H and O–H groups in total. The molecule has 0 aliphatic carbocycles.